The van der Waals surface area contributed by atoms with Gasteiger partial charge in [0, 0.05) is 35.2 Å². The van der Waals surface area contributed by atoms with Gasteiger partial charge in [-0.05, 0) is 126 Å². The first-order chi connectivity index (χ1) is 27.7. The summed E-state index contributed by atoms with van der Waals surface area (Å²) in [5, 5.41) is 98.7. The fraction of sp³-hybridized carbons (Fsp3) is 0.333. The molecule has 2 aliphatic carbocycles. The average Bonchev–Trinajstić information content (AvgIpc) is 3.40. The van der Waals surface area contributed by atoms with Crippen LogP contribution in [0.15, 0.2) is 48.5 Å². The molecule has 306 valence electrons. The number of aliphatic carboxylic acids is 1. The molecule has 0 bridgehead atoms. The van der Waals surface area contributed by atoms with Gasteiger partial charge in [0.1, 0.15) is 5.75 Å². The second-order valence-electron chi connectivity index (χ2n) is 14.8. The van der Waals surface area contributed by atoms with Gasteiger partial charge in [0.05, 0.1) is 0 Å². The van der Waals surface area contributed by atoms with Crippen molar-refractivity contribution in [2.45, 2.75) is 83.7 Å². The summed E-state index contributed by atoms with van der Waals surface area (Å²) in [7, 11) is 0. The first-order valence-electron chi connectivity index (χ1n) is 19.5. The summed E-state index contributed by atoms with van der Waals surface area (Å²) in [4.78, 5) is 26.6. The molecule has 0 heterocycles. The fourth-order valence-corrected chi connectivity index (χ4v) is 8.16. The van der Waals surface area contributed by atoms with Crippen molar-refractivity contribution < 1.29 is 60.3 Å². The van der Waals surface area contributed by atoms with Gasteiger partial charge in [-0.1, -0.05) is 44.9 Å². The zero-order valence-electron chi connectivity index (χ0n) is 32.4. The van der Waals surface area contributed by atoms with E-state index in [4.69, 9.17) is 4.74 Å². The van der Waals surface area contributed by atoms with Crippen molar-refractivity contribution in [2.75, 3.05) is 13.1 Å². The van der Waals surface area contributed by atoms with E-state index in [0.29, 0.717) is 84.0 Å². The molecule has 0 amide bonds. The second-order valence-corrected chi connectivity index (χ2v) is 14.8. The third-order valence-electron chi connectivity index (χ3n) is 11.1. The normalized spacial score (nSPS) is 14.7. The Morgan fingerprint density at radius 1 is 0.759 bits per heavy atom. The minimum atomic E-state index is -1.81. The minimum Gasteiger partial charge on any atom is -0.508 e. The summed E-state index contributed by atoms with van der Waals surface area (Å²) >= 11 is 0. The van der Waals surface area contributed by atoms with E-state index in [1.165, 1.54) is 18.2 Å². The molecule has 0 fully saturated rings. The third-order valence-corrected chi connectivity index (χ3v) is 11.1. The molecule has 0 saturated carbocycles. The maximum atomic E-state index is 13.9. The number of rotatable bonds is 14. The van der Waals surface area contributed by atoms with Crippen LogP contribution < -0.4 is 5.32 Å². The largest absolute Gasteiger partial charge is 0.508 e. The van der Waals surface area contributed by atoms with Gasteiger partial charge in [-0.3, -0.25) is 0 Å². The van der Waals surface area contributed by atoms with E-state index in [2.05, 4.69) is 5.32 Å². The summed E-state index contributed by atoms with van der Waals surface area (Å²) in [5.74, 6) is -6.94. The molecule has 0 spiro atoms. The van der Waals surface area contributed by atoms with Crippen molar-refractivity contribution in [3.63, 3.8) is 0 Å². The van der Waals surface area contributed by atoms with Crippen molar-refractivity contribution in [3.05, 3.63) is 87.5 Å². The third kappa shape index (κ3) is 8.21. The van der Waals surface area contributed by atoms with E-state index in [-0.39, 0.29) is 41.5 Å². The number of carbonyl (C=O) groups is 2. The van der Waals surface area contributed by atoms with Gasteiger partial charge in [0.25, 0.3) is 0 Å². The number of hydrogen-bond acceptors (Lipinski definition) is 12. The summed E-state index contributed by atoms with van der Waals surface area (Å²) in [6.45, 7) is 4.18. The number of fused-ring (bicyclic) bond motifs is 4. The lowest BCUT2D eigenvalue weighted by molar-refractivity contribution is -0.162. The molecular formula is C45H49NO12. The van der Waals surface area contributed by atoms with E-state index >= 15 is 0 Å². The van der Waals surface area contributed by atoms with Crippen LogP contribution in [0.2, 0.25) is 0 Å². The van der Waals surface area contributed by atoms with Crippen molar-refractivity contribution in [1.29, 1.82) is 0 Å². The lowest BCUT2D eigenvalue weighted by Gasteiger charge is -2.26. The zero-order valence-corrected chi connectivity index (χ0v) is 32.4. The van der Waals surface area contributed by atoms with E-state index in [1.807, 2.05) is 19.1 Å². The molecule has 0 saturated heterocycles. The minimum absolute atomic E-state index is 0.0367. The number of likely N-dealkylation sites (N-methyl/N-ethyl adjacent to an activating group) is 1. The Kier molecular flexibility index (Phi) is 12.4. The van der Waals surface area contributed by atoms with Crippen LogP contribution >= 0.6 is 0 Å². The van der Waals surface area contributed by atoms with E-state index in [1.54, 1.807) is 19.1 Å². The molecule has 2 aliphatic rings. The maximum absolute atomic E-state index is 13.9. The number of carboxylic acids is 1. The number of phenolic OH excluding ortho intramolecular Hbond substituents is 8. The van der Waals surface area contributed by atoms with Crippen LogP contribution in [0.5, 0.6) is 46.0 Å². The molecule has 2 atom stereocenters. The molecule has 10 N–H and O–H groups in total. The Hall–Kier alpha value is -6.34. The molecule has 13 nitrogen and oxygen atoms in total. The van der Waals surface area contributed by atoms with Gasteiger partial charge in [-0.15, -0.1) is 0 Å². The van der Waals surface area contributed by atoms with Gasteiger partial charge in [0.15, 0.2) is 40.2 Å². The summed E-state index contributed by atoms with van der Waals surface area (Å²) in [6, 6.07) is 10.2. The highest BCUT2D eigenvalue weighted by Gasteiger charge is 2.35. The van der Waals surface area contributed by atoms with Crippen LogP contribution in [0.25, 0.3) is 28.3 Å². The quantitative estimate of drug-likeness (QED) is 0.0261. The molecule has 0 aliphatic heterocycles. The Labute approximate surface area is 335 Å². The molecular weight excluding hydrogens is 746 g/mol. The average molecular weight is 796 g/mol. The Morgan fingerprint density at radius 2 is 1.43 bits per heavy atom. The number of carbonyl (C=O) groups excluding carboxylic acids is 1. The number of unbranched alkanes of at least 4 members (excludes halogenated alkanes) is 2. The smallest absolute Gasteiger partial charge is 0.345 e. The van der Waals surface area contributed by atoms with Crippen LogP contribution in [0.3, 0.4) is 0 Å². The molecule has 58 heavy (non-hydrogen) atoms. The van der Waals surface area contributed by atoms with Gasteiger partial charge in [-0.25, -0.2) is 9.59 Å². The number of nitrogens with one attached hydrogen (secondary N) is 1. The number of ether oxygens (including phenoxy) is 1. The molecule has 0 aromatic heterocycles. The number of carboxylic acid groups (broad SMARTS) is 1. The Balaban J connectivity index is 1.47. The Morgan fingerprint density at radius 3 is 2.12 bits per heavy atom. The first kappa shape index (κ1) is 41.3. The van der Waals surface area contributed by atoms with Crippen molar-refractivity contribution in [3.8, 4) is 57.1 Å². The molecule has 13 heteroatoms. The van der Waals surface area contributed by atoms with Gasteiger partial charge in [-0.2, -0.15) is 0 Å². The monoisotopic (exact) mass is 795 g/mol. The number of hydrogen-bond donors (Lipinski definition) is 10. The molecule has 4 aromatic carbocycles. The van der Waals surface area contributed by atoms with Gasteiger partial charge >= 0.3 is 11.9 Å². The highest BCUT2D eigenvalue weighted by Crippen LogP contribution is 2.50. The lowest BCUT2D eigenvalue weighted by Crippen LogP contribution is -2.38. The van der Waals surface area contributed by atoms with Crippen molar-refractivity contribution in [1.82, 2.24) is 5.32 Å². The molecule has 0 radical (unpaired) electrons. The lowest BCUT2D eigenvalue weighted by atomic mass is 9.80. The van der Waals surface area contributed by atoms with Gasteiger partial charge in [0.2, 0.25) is 6.10 Å². The van der Waals surface area contributed by atoms with E-state index in [9.17, 15) is 55.5 Å². The van der Waals surface area contributed by atoms with Crippen LogP contribution in [-0.2, 0) is 33.6 Å². The van der Waals surface area contributed by atoms with E-state index < -0.39 is 47.0 Å². The van der Waals surface area contributed by atoms with E-state index in [0.717, 1.165) is 41.7 Å². The highest BCUT2D eigenvalue weighted by atomic mass is 16.6. The number of esters is 1. The van der Waals surface area contributed by atoms with Crippen LogP contribution in [0.1, 0.15) is 97.2 Å². The topological polar surface area (TPSA) is 237 Å². The molecule has 0 unspecified atom stereocenters. The SMILES string of the molecule is CCCCCC(=CC(=O)O[C@@H](C(=O)O)[C@H](CNCC)c1cc(O)c(O)c(O)c1)c1cc(O)c(O)c2c1C=C(c1cc(O)c(O)c3c1-c1cccc(O)c1CCC3)CC2. The first-order valence-corrected chi connectivity index (χ1v) is 19.5. The van der Waals surface area contributed by atoms with Crippen molar-refractivity contribution >= 4 is 29.2 Å². The predicted molar refractivity (Wildman–Crippen MR) is 217 cm³/mol. The second kappa shape index (κ2) is 17.4. The van der Waals surface area contributed by atoms with Crippen LogP contribution in [-0.4, -0.2) is 77.1 Å². The summed E-state index contributed by atoms with van der Waals surface area (Å²) in [5.41, 5.74) is 5.80. The van der Waals surface area contributed by atoms with Crippen molar-refractivity contribution in [2.24, 2.45) is 0 Å². The van der Waals surface area contributed by atoms with Gasteiger partial charge < -0.3 is 56.0 Å². The number of allylic oxidation sites excluding steroid dienone is 2. The van der Waals surface area contributed by atoms with Crippen LogP contribution in [0.4, 0.5) is 0 Å². The number of benzene rings is 4. The summed E-state index contributed by atoms with van der Waals surface area (Å²) in [6.07, 6.45) is 5.95. The summed E-state index contributed by atoms with van der Waals surface area (Å²) < 4.78 is 5.64. The predicted octanol–water partition coefficient (Wildman–Crippen LogP) is 7.33. The zero-order chi connectivity index (χ0) is 41.8. The fourth-order valence-electron chi connectivity index (χ4n) is 8.16. The standard InChI is InChI=1S/C45H49NO12/c1-3-5-6-9-23(19-39(52)58-44(45(56)57)33(22-46-4-2)25-17-35(48)43(55)36(49)18-25)30-20-37(50)41(53)28-15-14-24(16-32(28)30)31-21-38(51)42(54)29-12-7-10-26-27(40(29)31)11-8-13-34(26)47/h8,11,13,16-21,33,44,46-51,53-55H,3-7,9-10,12,14-15,22H2,1-2H3,(H,56,57)/t33-,44-/m1/s1. The molecule has 6 rings (SSSR count). The van der Waals surface area contributed by atoms with Crippen LogP contribution in [0, 0.1) is 0 Å². The highest BCUT2D eigenvalue weighted by molar-refractivity contribution is 5.99. The number of aromatic hydroxyl groups is 8. The maximum Gasteiger partial charge on any atom is 0.345 e. The Bertz CT molecular complexity index is 2290. The molecule has 4 aromatic rings. The number of phenols is 8.